The average molecular weight is 319 g/mol. The van der Waals surface area contributed by atoms with Crippen LogP contribution in [-0.2, 0) is 6.54 Å². The molecule has 0 N–H and O–H groups in total. The van der Waals surface area contributed by atoms with E-state index in [4.69, 9.17) is 0 Å². The second-order valence-electron chi connectivity index (χ2n) is 6.25. The number of aryl methyl sites for hydroxylation is 4. The van der Waals surface area contributed by atoms with Gasteiger partial charge in [-0.1, -0.05) is 29.8 Å². The molecule has 4 nitrogen and oxygen atoms in total. The zero-order chi connectivity index (χ0) is 17.3. The molecule has 24 heavy (non-hydrogen) atoms. The summed E-state index contributed by atoms with van der Waals surface area (Å²) in [6, 6.07) is 14.0. The molecule has 0 spiro atoms. The topological polar surface area (TPSA) is 47.8 Å². The van der Waals surface area contributed by atoms with E-state index < -0.39 is 0 Å². The number of hydrogen-bond donors (Lipinski definition) is 0. The highest BCUT2D eigenvalue weighted by Crippen LogP contribution is 2.20. The maximum Gasteiger partial charge on any atom is 0.270 e. The third kappa shape index (κ3) is 3.27. The smallest absolute Gasteiger partial charge is 0.268 e. The van der Waals surface area contributed by atoms with Crippen molar-refractivity contribution in [2.45, 2.75) is 34.2 Å². The maximum atomic E-state index is 12.4. The van der Waals surface area contributed by atoms with Crippen molar-refractivity contribution in [1.29, 1.82) is 0 Å². The first-order valence-corrected chi connectivity index (χ1v) is 8.03. The minimum Gasteiger partial charge on any atom is -0.268 e. The van der Waals surface area contributed by atoms with Crippen molar-refractivity contribution >= 4 is 0 Å². The summed E-state index contributed by atoms with van der Waals surface area (Å²) < 4.78 is 1.54. The Morgan fingerprint density at radius 2 is 1.67 bits per heavy atom. The third-order valence-electron chi connectivity index (χ3n) is 4.11. The van der Waals surface area contributed by atoms with Crippen LogP contribution in [0.15, 0.2) is 47.3 Å². The van der Waals surface area contributed by atoms with Crippen LogP contribution >= 0.6 is 0 Å². The Morgan fingerprint density at radius 3 is 2.33 bits per heavy atom. The molecule has 0 saturated carbocycles. The van der Waals surface area contributed by atoms with Gasteiger partial charge >= 0.3 is 0 Å². The minimum absolute atomic E-state index is 0.0583. The quantitative estimate of drug-likeness (QED) is 0.741. The minimum atomic E-state index is -0.0583. The summed E-state index contributed by atoms with van der Waals surface area (Å²) in [5.41, 5.74) is 6.52. The van der Waals surface area contributed by atoms with Crippen molar-refractivity contribution in [2.24, 2.45) is 0 Å². The summed E-state index contributed by atoms with van der Waals surface area (Å²) >= 11 is 0. The van der Waals surface area contributed by atoms with Gasteiger partial charge in [0.25, 0.3) is 5.56 Å². The predicted molar refractivity (Wildman–Crippen MR) is 96.2 cm³/mol. The van der Waals surface area contributed by atoms with Crippen molar-refractivity contribution in [1.82, 2.24) is 14.8 Å². The van der Waals surface area contributed by atoms with Crippen molar-refractivity contribution in [3.8, 4) is 11.3 Å². The summed E-state index contributed by atoms with van der Waals surface area (Å²) in [5.74, 6) is 0. The summed E-state index contributed by atoms with van der Waals surface area (Å²) in [5, 5.41) is 4.58. The van der Waals surface area contributed by atoms with E-state index in [0.29, 0.717) is 12.1 Å². The van der Waals surface area contributed by atoms with Gasteiger partial charge in [-0.05, 0) is 51.5 Å². The molecule has 3 aromatic rings. The Balaban J connectivity index is 2.05. The summed E-state index contributed by atoms with van der Waals surface area (Å²) in [7, 11) is 0. The van der Waals surface area contributed by atoms with E-state index in [-0.39, 0.29) is 5.56 Å². The summed E-state index contributed by atoms with van der Waals surface area (Å²) in [6.07, 6.45) is 0. The number of aromatic nitrogens is 3. The molecule has 3 rings (SSSR count). The monoisotopic (exact) mass is 319 g/mol. The van der Waals surface area contributed by atoms with Gasteiger partial charge in [-0.3, -0.25) is 9.78 Å². The van der Waals surface area contributed by atoms with Gasteiger partial charge in [0, 0.05) is 22.5 Å². The van der Waals surface area contributed by atoms with Crippen molar-refractivity contribution in [3.05, 3.63) is 80.9 Å². The standard InChI is InChI=1S/C20H21N3O/c1-13-5-8-17(9-6-13)12-23-20(24)14(2)11-19(22-23)18-10-7-15(3)21-16(18)4/h5-11H,12H2,1-4H3. The molecule has 0 amide bonds. The molecule has 0 fully saturated rings. The van der Waals surface area contributed by atoms with Crippen LogP contribution in [0, 0.1) is 27.7 Å². The fraction of sp³-hybridized carbons (Fsp3) is 0.250. The van der Waals surface area contributed by atoms with Gasteiger partial charge in [0.2, 0.25) is 0 Å². The van der Waals surface area contributed by atoms with Crippen LogP contribution in [0.4, 0.5) is 0 Å². The van der Waals surface area contributed by atoms with Gasteiger partial charge in [0.1, 0.15) is 0 Å². The molecule has 2 heterocycles. The van der Waals surface area contributed by atoms with Crippen LogP contribution in [0.25, 0.3) is 11.3 Å². The number of pyridine rings is 1. The lowest BCUT2D eigenvalue weighted by molar-refractivity contribution is 0.637. The van der Waals surface area contributed by atoms with Gasteiger partial charge < -0.3 is 0 Å². The average Bonchev–Trinajstić information content (AvgIpc) is 2.54. The lowest BCUT2D eigenvalue weighted by atomic mass is 10.1. The molecule has 0 aliphatic rings. The van der Waals surface area contributed by atoms with Crippen LogP contribution in [0.1, 0.15) is 28.1 Å². The highest BCUT2D eigenvalue weighted by atomic mass is 16.1. The first-order chi connectivity index (χ1) is 11.4. The molecular weight excluding hydrogens is 298 g/mol. The van der Waals surface area contributed by atoms with Crippen LogP contribution < -0.4 is 5.56 Å². The normalized spacial score (nSPS) is 10.8. The van der Waals surface area contributed by atoms with E-state index in [9.17, 15) is 4.79 Å². The molecule has 0 atom stereocenters. The fourth-order valence-electron chi connectivity index (χ4n) is 2.74. The Bertz CT molecular complexity index is 940. The molecule has 122 valence electrons. The van der Waals surface area contributed by atoms with Crippen LogP contribution in [-0.4, -0.2) is 14.8 Å². The number of hydrogen-bond acceptors (Lipinski definition) is 3. The largest absolute Gasteiger partial charge is 0.270 e. The van der Waals surface area contributed by atoms with Crippen LogP contribution in [0.2, 0.25) is 0 Å². The Morgan fingerprint density at radius 1 is 0.958 bits per heavy atom. The lowest BCUT2D eigenvalue weighted by Crippen LogP contribution is -2.26. The van der Waals surface area contributed by atoms with Crippen LogP contribution in [0.3, 0.4) is 0 Å². The van der Waals surface area contributed by atoms with E-state index in [1.807, 2.05) is 70.2 Å². The van der Waals surface area contributed by atoms with E-state index in [2.05, 4.69) is 10.1 Å². The Kier molecular flexibility index (Phi) is 4.30. The molecule has 4 heteroatoms. The molecule has 0 aliphatic carbocycles. The van der Waals surface area contributed by atoms with E-state index >= 15 is 0 Å². The van der Waals surface area contributed by atoms with Crippen molar-refractivity contribution < 1.29 is 0 Å². The molecule has 2 aromatic heterocycles. The van der Waals surface area contributed by atoms with Gasteiger partial charge in [-0.15, -0.1) is 0 Å². The van der Waals surface area contributed by atoms with Crippen LogP contribution in [0.5, 0.6) is 0 Å². The molecule has 0 aliphatic heterocycles. The lowest BCUT2D eigenvalue weighted by Gasteiger charge is -2.11. The third-order valence-corrected chi connectivity index (χ3v) is 4.11. The number of benzene rings is 1. The van der Waals surface area contributed by atoms with E-state index in [1.54, 1.807) is 0 Å². The zero-order valence-corrected chi connectivity index (χ0v) is 14.5. The predicted octanol–water partition coefficient (Wildman–Crippen LogP) is 3.59. The van der Waals surface area contributed by atoms with E-state index in [1.165, 1.54) is 10.2 Å². The van der Waals surface area contributed by atoms with Gasteiger partial charge in [-0.2, -0.15) is 5.10 Å². The molecule has 0 bridgehead atoms. The summed E-state index contributed by atoms with van der Waals surface area (Å²) in [6.45, 7) is 8.27. The number of rotatable bonds is 3. The molecule has 0 saturated heterocycles. The number of nitrogens with zero attached hydrogens (tertiary/aromatic N) is 3. The molecule has 0 radical (unpaired) electrons. The first kappa shape index (κ1) is 16.1. The Labute approximate surface area is 141 Å². The first-order valence-electron chi connectivity index (χ1n) is 8.03. The second-order valence-corrected chi connectivity index (χ2v) is 6.25. The van der Waals surface area contributed by atoms with Crippen molar-refractivity contribution in [2.75, 3.05) is 0 Å². The molecule has 1 aromatic carbocycles. The van der Waals surface area contributed by atoms with E-state index in [0.717, 1.165) is 28.2 Å². The molecular formula is C20H21N3O. The fourth-order valence-corrected chi connectivity index (χ4v) is 2.74. The zero-order valence-electron chi connectivity index (χ0n) is 14.5. The molecule has 0 unspecified atom stereocenters. The van der Waals surface area contributed by atoms with Crippen molar-refractivity contribution in [3.63, 3.8) is 0 Å². The highest BCUT2D eigenvalue weighted by molar-refractivity contribution is 5.61. The SMILES string of the molecule is Cc1ccc(Cn2nc(-c3ccc(C)nc3C)cc(C)c2=O)cc1. The maximum absolute atomic E-state index is 12.4. The summed E-state index contributed by atoms with van der Waals surface area (Å²) in [4.78, 5) is 16.9. The Hall–Kier alpha value is -2.75. The highest BCUT2D eigenvalue weighted by Gasteiger charge is 2.10. The van der Waals surface area contributed by atoms with Gasteiger partial charge in [0.05, 0.1) is 12.2 Å². The van der Waals surface area contributed by atoms with Gasteiger partial charge in [0.15, 0.2) is 0 Å². The second kappa shape index (κ2) is 6.40. The van der Waals surface area contributed by atoms with Gasteiger partial charge in [-0.25, -0.2) is 4.68 Å².